The smallest absolute Gasteiger partial charge is 0.247 e. The first-order valence-electron chi connectivity index (χ1n) is 10.3. The first-order valence-corrected chi connectivity index (χ1v) is 13.0. The molecule has 0 saturated carbocycles. The van der Waals surface area contributed by atoms with Crippen LogP contribution >= 0.6 is 11.3 Å². The minimum absolute atomic E-state index is 0.210. The number of thiazole rings is 1. The Kier molecular flexibility index (Phi) is 5.65. The molecule has 9 heteroatoms. The second kappa shape index (κ2) is 8.76. The van der Waals surface area contributed by atoms with Crippen molar-refractivity contribution >= 4 is 26.1 Å². The van der Waals surface area contributed by atoms with Crippen molar-refractivity contribution in [3.8, 4) is 28.4 Å². The number of imidazole rings is 1. The molecule has 0 unspecified atom stereocenters. The average molecular weight is 477 g/mol. The average Bonchev–Trinajstić information content (AvgIpc) is 3.41. The van der Waals surface area contributed by atoms with E-state index in [2.05, 4.69) is 22.1 Å². The van der Waals surface area contributed by atoms with E-state index in [1.807, 2.05) is 58.4 Å². The van der Waals surface area contributed by atoms with Gasteiger partial charge < -0.3 is 4.74 Å². The molecule has 3 heterocycles. The number of sulfone groups is 1. The monoisotopic (exact) mass is 476 g/mol. The Balaban J connectivity index is 1.44. The molecule has 0 aliphatic carbocycles. The van der Waals surface area contributed by atoms with Crippen LogP contribution in [-0.4, -0.2) is 40.6 Å². The van der Waals surface area contributed by atoms with E-state index < -0.39 is 9.84 Å². The second-order valence-electron chi connectivity index (χ2n) is 7.47. The van der Waals surface area contributed by atoms with Gasteiger partial charge in [-0.05, 0) is 35.9 Å². The lowest BCUT2D eigenvalue weighted by Crippen LogP contribution is -2.05. The predicted octanol–water partition coefficient (Wildman–Crippen LogP) is 4.54. The van der Waals surface area contributed by atoms with E-state index in [1.165, 1.54) is 23.1 Å². The summed E-state index contributed by atoms with van der Waals surface area (Å²) in [5, 5.41) is 1.72. The molecule has 0 aliphatic heterocycles. The summed E-state index contributed by atoms with van der Waals surface area (Å²) in [5.41, 5.74) is 4.05. The number of fused-ring (bicyclic) bond motifs is 1. The lowest BCUT2D eigenvalue weighted by Gasteiger charge is -2.08. The van der Waals surface area contributed by atoms with Crippen molar-refractivity contribution in [2.75, 3.05) is 12.9 Å². The third kappa shape index (κ3) is 4.50. The summed E-state index contributed by atoms with van der Waals surface area (Å²) < 4.78 is 31.8. The molecule has 0 radical (unpaired) electrons. The van der Waals surface area contributed by atoms with E-state index in [1.54, 1.807) is 6.07 Å². The quantitative estimate of drug-likeness (QED) is 0.321. The fourth-order valence-electron chi connectivity index (χ4n) is 3.52. The van der Waals surface area contributed by atoms with E-state index in [0.717, 1.165) is 40.3 Å². The van der Waals surface area contributed by atoms with Gasteiger partial charge in [-0.25, -0.2) is 23.4 Å². The number of nitrogens with zero attached hydrogens (tertiary/aromatic N) is 4. The highest BCUT2D eigenvalue weighted by molar-refractivity contribution is 7.90. The zero-order chi connectivity index (χ0) is 22.8. The van der Waals surface area contributed by atoms with Crippen LogP contribution in [0.4, 0.5) is 0 Å². The molecule has 5 aromatic rings. The largest absolute Gasteiger partial charge is 0.493 e. The molecule has 0 spiro atoms. The molecular formula is C24H20N4O3S2. The van der Waals surface area contributed by atoms with Crippen LogP contribution in [0.3, 0.4) is 0 Å². The van der Waals surface area contributed by atoms with Crippen molar-refractivity contribution in [2.24, 2.45) is 0 Å². The van der Waals surface area contributed by atoms with Gasteiger partial charge in [0.15, 0.2) is 4.96 Å². The van der Waals surface area contributed by atoms with Crippen molar-refractivity contribution in [1.29, 1.82) is 0 Å². The summed E-state index contributed by atoms with van der Waals surface area (Å²) in [6.07, 6.45) is 5.29. The van der Waals surface area contributed by atoms with Gasteiger partial charge in [-0.3, -0.25) is 4.40 Å². The SMILES string of the molecule is CS(=O)(=O)c1nccc(-c2c(-c3ccc(OCCc4ccccc4)cc3)nc3sccn23)n1. The summed E-state index contributed by atoms with van der Waals surface area (Å²) in [6, 6.07) is 19.6. The molecule has 0 aliphatic rings. The van der Waals surface area contributed by atoms with E-state index in [4.69, 9.17) is 9.72 Å². The van der Waals surface area contributed by atoms with Gasteiger partial charge in [-0.15, -0.1) is 11.3 Å². The number of hydrogen-bond acceptors (Lipinski definition) is 7. The maximum absolute atomic E-state index is 12.0. The molecular weight excluding hydrogens is 456 g/mol. The molecule has 7 nitrogen and oxygen atoms in total. The Bertz CT molecular complexity index is 1510. The number of rotatable bonds is 7. The van der Waals surface area contributed by atoms with Crippen LogP contribution in [0.15, 0.2) is 83.6 Å². The van der Waals surface area contributed by atoms with Crippen molar-refractivity contribution in [1.82, 2.24) is 19.4 Å². The fourth-order valence-corrected chi connectivity index (χ4v) is 4.75. The van der Waals surface area contributed by atoms with Crippen LogP contribution in [0, 0.1) is 0 Å². The molecule has 0 amide bonds. The normalized spacial score (nSPS) is 11.7. The maximum Gasteiger partial charge on any atom is 0.247 e. The molecule has 0 fully saturated rings. The van der Waals surface area contributed by atoms with Gasteiger partial charge in [-0.2, -0.15) is 0 Å². The van der Waals surface area contributed by atoms with Crippen LogP contribution in [0.25, 0.3) is 27.6 Å². The van der Waals surface area contributed by atoms with Crippen molar-refractivity contribution in [3.63, 3.8) is 0 Å². The molecule has 3 aromatic heterocycles. The predicted molar refractivity (Wildman–Crippen MR) is 128 cm³/mol. The van der Waals surface area contributed by atoms with Crippen LogP contribution in [0.1, 0.15) is 5.56 Å². The number of hydrogen-bond donors (Lipinski definition) is 0. The molecule has 33 heavy (non-hydrogen) atoms. The van der Waals surface area contributed by atoms with Crippen LogP contribution in [-0.2, 0) is 16.3 Å². The van der Waals surface area contributed by atoms with Gasteiger partial charge >= 0.3 is 0 Å². The number of aromatic nitrogens is 4. The highest BCUT2D eigenvalue weighted by atomic mass is 32.2. The lowest BCUT2D eigenvalue weighted by molar-refractivity contribution is 0.322. The third-order valence-electron chi connectivity index (χ3n) is 5.10. The Morgan fingerprint density at radius 3 is 2.55 bits per heavy atom. The number of ether oxygens (including phenoxy) is 1. The first-order chi connectivity index (χ1) is 16.0. The van der Waals surface area contributed by atoms with Crippen molar-refractivity contribution in [2.45, 2.75) is 11.6 Å². The summed E-state index contributed by atoms with van der Waals surface area (Å²) in [7, 11) is -3.53. The molecule has 0 bridgehead atoms. The van der Waals surface area contributed by atoms with Crippen molar-refractivity contribution in [3.05, 3.63) is 84.0 Å². The fraction of sp³-hybridized carbons (Fsp3) is 0.125. The van der Waals surface area contributed by atoms with Crippen LogP contribution < -0.4 is 4.74 Å². The lowest BCUT2D eigenvalue weighted by atomic mass is 10.1. The minimum Gasteiger partial charge on any atom is -0.493 e. The first kappa shape index (κ1) is 21.3. The van der Waals surface area contributed by atoms with Gasteiger partial charge in [0.2, 0.25) is 15.0 Å². The zero-order valence-corrected chi connectivity index (χ0v) is 19.4. The summed E-state index contributed by atoms with van der Waals surface area (Å²) in [4.78, 5) is 13.8. The van der Waals surface area contributed by atoms with E-state index in [-0.39, 0.29) is 5.16 Å². The van der Waals surface area contributed by atoms with E-state index >= 15 is 0 Å². The molecule has 166 valence electrons. The van der Waals surface area contributed by atoms with Gasteiger partial charge in [-0.1, -0.05) is 30.3 Å². The molecule has 2 aromatic carbocycles. The Hall–Kier alpha value is -3.56. The Labute approximate surface area is 195 Å². The van der Waals surface area contributed by atoms with Crippen molar-refractivity contribution < 1.29 is 13.2 Å². The topological polar surface area (TPSA) is 86.5 Å². The van der Waals surface area contributed by atoms with Crippen LogP contribution in [0.2, 0.25) is 0 Å². The zero-order valence-electron chi connectivity index (χ0n) is 17.7. The summed E-state index contributed by atoms with van der Waals surface area (Å²) in [6.45, 7) is 0.587. The second-order valence-corrected chi connectivity index (χ2v) is 10.3. The Morgan fingerprint density at radius 2 is 1.79 bits per heavy atom. The van der Waals surface area contributed by atoms with E-state index in [0.29, 0.717) is 12.3 Å². The Morgan fingerprint density at radius 1 is 1.00 bits per heavy atom. The summed E-state index contributed by atoms with van der Waals surface area (Å²) >= 11 is 1.50. The standard InChI is InChI=1S/C24H20N4O3S2/c1-33(29,30)23-25-13-11-20(26-23)22-21(27-24-28(22)14-16-32-24)18-7-9-19(10-8-18)31-15-12-17-5-3-2-4-6-17/h2-11,13-14,16H,12,15H2,1H3. The highest BCUT2D eigenvalue weighted by Crippen LogP contribution is 2.34. The van der Waals surface area contributed by atoms with Gasteiger partial charge in [0.05, 0.1) is 18.0 Å². The van der Waals surface area contributed by atoms with Gasteiger partial charge in [0.25, 0.3) is 0 Å². The third-order valence-corrected chi connectivity index (χ3v) is 6.72. The number of benzene rings is 2. The van der Waals surface area contributed by atoms with E-state index in [9.17, 15) is 8.42 Å². The van der Waals surface area contributed by atoms with Gasteiger partial charge in [0, 0.05) is 36.0 Å². The molecule has 5 rings (SSSR count). The molecule has 0 saturated heterocycles. The minimum atomic E-state index is -3.53. The summed E-state index contributed by atoms with van der Waals surface area (Å²) in [5.74, 6) is 0.777. The molecule has 0 atom stereocenters. The maximum atomic E-state index is 12.0. The highest BCUT2D eigenvalue weighted by Gasteiger charge is 2.20. The molecule has 0 N–H and O–H groups in total. The van der Waals surface area contributed by atoms with Crippen LogP contribution in [0.5, 0.6) is 5.75 Å². The van der Waals surface area contributed by atoms with Gasteiger partial charge in [0.1, 0.15) is 11.4 Å².